The van der Waals surface area contributed by atoms with Gasteiger partial charge in [0.05, 0.1) is 24.6 Å². The van der Waals surface area contributed by atoms with Crippen LogP contribution in [-0.4, -0.2) is 79.7 Å². The predicted molar refractivity (Wildman–Crippen MR) is 97.7 cm³/mol. The third-order valence-electron chi connectivity index (χ3n) is 4.50. The number of hydrogen-bond acceptors (Lipinski definition) is 5. The molecule has 0 unspecified atom stereocenters. The molecule has 0 spiro atoms. The highest BCUT2D eigenvalue weighted by atomic mass is 16.5. The zero-order valence-corrected chi connectivity index (χ0v) is 15.7. The maximum Gasteiger partial charge on any atom is 0.308 e. The first-order valence-corrected chi connectivity index (χ1v) is 8.90. The summed E-state index contributed by atoms with van der Waals surface area (Å²) in [7, 11) is 3.11. The summed E-state index contributed by atoms with van der Waals surface area (Å²) in [6, 6.07) is 6.84. The first-order valence-electron chi connectivity index (χ1n) is 8.90. The molecule has 1 atom stereocenters. The minimum Gasteiger partial charge on any atom is -0.490 e. The number of piperidine rings is 1. The number of carbonyl (C=O) groups is 3. The van der Waals surface area contributed by atoms with Crippen molar-refractivity contribution in [2.45, 2.75) is 12.8 Å². The van der Waals surface area contributed by atoms with E-state index in [1.807, 2.05) is 0 Å². The van der Waals surface area contributed by atoms with E-state index in [-0.39, 0.29) is 24.9 Å². The molecule has 0 bridgehead atoms. The normalized spacial score (nSPS) is 16.7. The Morgan fingerprint density at radius 3 is 2.70 bits per heavy atom. The monoisotopic (exact) mass is 378 g/mol. The largest absolute Gasteiger partial charge is 0.490 e. The summed E-state index contributed by atoms with van der Waals surface area (Å²) in [4.78, 5) is 39.2. The number of nitrogens with zero attached hydrogens (tertiary/aromatic N) is 2. The number of likely N-dealkylation sites (N-methyl/N-ethyl adjacent to an activating group) is 1. The lowest BCUT2D eigenvalue weighted by Crippen LogP contribution is -2.46. The topological polar surface area (TPSA) is 96.4 Å². The van der Waals surface area contributed by atoms with Crippen LogP contribution in [0.3, 0.4) is 0 Å². The minimum atomic E-state index is -0.890. The number of methoxy groups -OCH3 is 1. The summed E-state index contributed by atoms with van der Waals surface area (Å²) >= 11 is 0. The first kappa shape index (κ1) is 20.7. The Balaban J connectivity index is 1.99. The van der Waals surface area contributed by atoms with E-state index in [9.17, 15) is 14.4 Å². The summed E-state index contributed by atoms with van der Waals surface area (Å²) in [5.41, 5.74) is 0.367. The molecule has 1 heterocycles. The molecule has 27 heavy (non-hydrogen) atoms. The molecule has 1 saturated heterocycles. The van der Waals surface area contributed by atoms with Crippen molar-refractivity contribution in [3.05, 3.63) is 29.8 Å². The zero-order chi connectivity index (χ0) is 19.8. The van der Waals surface area contributed by atoms with Crippen LogP contribution in [0.1, 0.15) is 23.2 Å². The highest BCUT2D eigenvalue weighted by Crippen LogP contribution is 2.20. The number of carbonyl (C=O) groups excluding carboxylic acids is 2. The van der Waals surface area contributed by atoms with E-state index in [4.69, 9.17) is 14.6 Å². The molecule has 0 aliphatic carbocycles. The summed E-state index contributed by atoms with van der Waals surface area (Å²) in [6.07, 6.45) is 1.22. The van der Waals surface area contributed by atoms with E-state index in [0.29, 0.717) is 43.9 Å². The van der Waals surface area contributed by atoms with Gasteiger partial charge in [-0.25, -0.2) is 0 Å². The summed E-state index contributed by atoms with van der Waals surface area (Å²) < 4.78 is 10.5. The maximum absolute atomic E-state index is 12.7. The number of hydrogen-bond donors (Lipinski definition) is 1. The molecule has 0 aromatic heterocycles. The fraction of sp³-hybridized carbons (Fsp3) is 0.526. The van der Waals surface area contributed by atoms with E-state index >= 15 is 0 Å². The lowest BCUT2D eigenvalue weighted by atomic mass is 9.98. The molecular formula is C19H26N2O6. The van der Waals surface area contributed by atoms with Crippen molar-refractivity contribution in [1.29, 1.82) is 0 Å². The van der Waals surface area contributed by atoms with Crippen molar-refractivity contribution >= 4 is 17.8 Å². The van der Waals surface area contributed by atoms with Gasteiger partial charge in [-0.05, 0) is 25.0 Å². The van der Waals surface area contributed by atoms with E-state index in [1.54, 1.807) is 38.4 Å². The molecule has 2 amide bonds. The number of rotatable bonds is 8. The molecule has 1 aliphatic heterocycles. The number of aliphatic carboxylic acids is 1. The van der Waals surface area contributed by atoms with Gasteiger partial charge in [0.15, 0.2) is 0 Å². The molecule has 8 nitrogen and oxygen atoms in total. The molecule has 0 saturated carbocycles. The van der Waals surface area contributed by atoms with Gasteiger partial charge in [0.2, 0.25) is 5.91 Å². The summed E-state index contributed by atoms with van der Waals surface area (Å²) in [6.45, 7) is 1.30. The molecule has 1 aliphatic rings. The van der Waals surface area contributed by atoms with Crippen LogP contribution in [0, 0.1) is 5.92 Å². The van der Waals surface area contributed by atoms with Gasteiger partial charge in [-0.15, -0.1) is 0 Å². The Morgan fingerprint density at radius 1 is 1.26 bits per heavy atom. The van der Waals surface area contributed by atoms with Crippen molar-refractivity contribution in [3.8, 4) is 5.75 Å². The van der Waals surface area contributed by atoms with Gasteiger partial charge in [-0.3, -0.25) is 14.4 Å². The quantitative estimate of drug-likeness (QED) is 0.681. The summed E-state index contributed by atoms with van der Waals surface area (Å²) in [5.74, 6) is -1.59. The van der Waals surface area contributed by atoms with Crippen LogP contribution in [0.5, 0.6) is 5.75 Å². The number of para-hydroxylation sites is 1. The standard InChI is InChI=1S/C19H26N2O6/c1-20(13-17(22)21-9-5-6-14(12-21)19(24)25)18(23)15-7-3-4-8-16(15)27-11-10-26-2/h3-4,7-8,14H,5-6,9-13H2,1-2H3,(H,24,25)/t14-/m1/s1. The van der Waals surface area contributed by atoms with Crippen LogP contribution in [-0.2, 0) is 14.3 Å². The minimum absolute atomic E-state index is 0.114. The predicted octanol–water partition coefficient (Wildman–Crippen LogP) is 1.11. The van der Waals surface area contributed by atoms with Gasteiger partial charge in [0, 0.05) is 27.2 Å². The number of ether oxygens (including phenoxy) is 2. The van der Waals surface area contributed by atoms with Crippen molar-refractivity contribution in [2.24, 2.45) is 5.92 Å². The van der Waals surface area contributed by atoms with E-state index < -0.39 is 11.9 Å². The highest BCUT2D eigenvalue weighted by Gasteiger charge is 2.29. The van der Waals surface area contributed by atoms with Gasteiger partial charge in [-0.1, -0.05) is 12.1 Å². The number of benzene rings is 1. The van der Waals surface area contributed by atoms with Crippen molar-refractivity contribution in [2.75, 3.05) is 47.0 Å². The molecule has 1 N–H and O–H groups in total. The zero-order valence-electron chi connectivity index (χ0n) is 15.7. The van der Waals surface area contributed by atoms with Crippen LogP contribution < -0.4 is 4.74 Å². The molecule has 8 heteroatoms. The second kappa shape index (κ2) is 9.91. The number of likely N-dealkylation sites (tertiary alicyclic amines) is 1. The van der Waals surface area contributed by atoms with Gasteiger partial charge in [-0.2, -0.15) is 0 Å². The number of carboxylic acids is 1. The molecule has 2 rings (SSSR count). The average Bonchev–Trinajstić information content (AvgIpc) is 2.68. The first-order chi connectivity index (χ1) is 12.9. The van der Waals surface area contributed by atoms with E-state index in [1.165, 1.54) is 9.80 Å². The fourth-order valence-electron chi connectivity index (χ4n) is 2.99. The average molecular weight is 378 g/mol. The van der Waals surface area contributed by atoms with Crippen LogP contribution >= 0.6 is 0 Å². The molecule has 0 radical (unpaired) electrons. The maximum atomic E-state index is 12.7. The van der Waals surface area contributed by atoms with Crippen molar-refractivity contribution in [3.63, 3.8) is 0 Å². The molecule has 1 fully saturated rings. The third-order valence-corrected chi connectivity index (χ3v) is 4.50. The summed E-state index contributed by atoms with van der Waals surface area (Å²) in [5, 5.41) is 9.15. The Morgan fingerprint density at radius 2 is 2.00 bits per heavy atom. The molecular weight excluding hydrogens is 352 g/mol. The molecule has 148 valence electrons. The van der Waals surface area contributed by atoms with Crippen LogP contribution in [0.15, 0.2) is 24.3 Å². The number of carboxylic acid groups (broad SMARTS) is 1. The Bertz CT molecular complexity index is 678. The van der Waals surface area contributed by atoms with Gasteiger partial charge < -0.3 is 24.4 Å². The number of amides is 2. The lowest BCUT2D eigenvalue weighted by molar-refractivity contribution is -0.145. The van der Waals surface area contributed by atoms with Gasteiger partial charge >= 0.3 is 5.97 Å². The Hall–Kier alpha value is -2.61. The SMILES string of the molecule is COCCOc1ccccc1C(=O)N(C)CC(=O)N1CCC[C@@H](C(=O)O)C1. The highest BCUT2D eigenvalue weighted by molar-refractivity contribution is 5.98. The van der Waals surface area contributed by atoms with Gasteiger partial charge in [0.1, 0.15) is 12.4 Å². The smallest absolute Gasteiger partial charge is 0.308 e. The van der Waals surface area contributed by atoms with Crippen molar-refractivity contribution in [1.82, 2.24) is 9.80 Å². The lowest BCUT2D eigenvalue weighted by Gasteiger charge is -2.32. The molecule has 1 aromatic carbocycles. The van der Waals surface area contributed by atoms with Crippen LogP contribution in [0.2, 0.25) is 0 Å². The van der Waals surface area contributed by atoms with Crippen LogP contribution in [0.25, 0.3) is 0 Å². The second-order valence-electron chi connectivity index (χ2n) is 6.52. The van der Waals surface area contributed by atoms with E-state index in [0.717, 1.165) is 0 Å². The van der Waals surface area contributed by atoms with Crippen LogP contribution in [0.4, 0.5) is 0 Å². The second-order valence-corrected chi connectivity index (χ2v) is 6.52. The van der Waals surface area contributed by atoms with Crippen molar-refractivity contribution < 1.29 is 29.0 Å². The molecule has 1 aromatic rings. The Kier molecular flexibility index (Phi) is 7.60. The van der Waals surface area contributed by atoms with E-state index in [2.05, 4.69) is 0 Å². The third kappa shape index (κ3) is 5.68. The van der Waals surface area contributed by atoms with Gasteiger partial charge in [0.25, 0.3) is 5.91 Å². The fourth-order valence-corrected chi connectivity index (χ4v) is 2.99. The Labute approximate surface area is 158 Å².